The molecule has 1 amide bonds. The lowest BCUT2D eigenvalue weighted by Gasteiger charge is -2.30. The smallest absolute Gasteiger partial charge is 0.303 e. The third-order valence-corrected chi connectivity index (χ3v) is 2.88. The molecular weight excluding hydrogens is 208 g/mol. The Kier molecular flexibility index (Phi) is 5.25. The summed E-state index contributed by atoms with van der Waals surface area (Å²) in [7, 11) is 1.82. The zero-order chi connectivity index (χ0) is 12.0. The number of nitrogens with one attached hydrogen (secondary N) is 1. The van der Waals surface area contributed by atoms with Crippen LogP contribution in [0.1, 0.15) is 32.1 Å². The molecule has 0 aromatic heterocycles. The number of nitrogens with zero attached hydrogens (tertiary/aromatic N) is 1. The van der Waals surface area contributed by atoms with Gasteiger partial charge in [-0.1, -0.05) is 0 Å². The molecule has 0 spiro atoms. The van der Waals surface area contributed by atoms with Gasteiger partial charge >= 0.3 is 5.97 Å². The Labute approximate surface area is 95.8 Å². The van der Waals surface area contributed by atoms with E-state index in [2.05, 4.69) is 5.32 Å². The largest absolute Gasteiger partial charge is 0.481 e. The third-order valence-electron chi connectivity index (χ3n) is 2.88. The summed E-state index contributed by atoms with van der Waals surface area (Å²) in [6.45, 7) is 1.59. The Morgan fingerprint density at radius 3 is 2.94 bits per heavy atom. The van der Waals surface area contributed by atoms with Gasteiger partial charge in [0.25, 0.3) is 0 Å². The number of carbonyl (C=O) groups is 2. The van der Waals surface area contributed by atoms with E-state index < -0.39 is 5.97 Å². The van der Waals surface area contributed by atoms with Crippen LogP contribution in [0.3, 0.4) is 0 Å². The summed E-state index contributed by atoms with van der Waals surface area (Å²) in [6.07, 6.45) is 3.33. The summed E-state index contributed by atoms with van der Waals surface area (Å²) >= 11 is 0. The Morgan fingerprint density at radius 1 is 1.56 bits per heavy atom. The minimum Gasteiger partial charge on any atom is -0.481 e. The van der Waals surface area contributed by atoms with Crippen molar-refractivity contribution in [2.24, 2.45) is 0 Å². The van der Waals surface area contributed by atoms with Crippen molar-refractivity contribution in [1.82, 2.24) is 10.2 Å². The van der Waals surface area contributed by atoms with Crippen LogP contribution in [0.5, 0.6) is 0 Å². The van der Waals surface area contributed by atoms with Gasteiger partial charge in [0.1, 0.15) is 0 Å². The first kappa shape index (κ1) is 13.0. The molecule has 2 N–H and O–H groups in total. The minimum atomic E-state index is -0.733. The zero-order valence-electron chi connectivity index (χ0n) is 9.74. The van der Waals surface area contributed by atoms with Crippen LogP contribution in [0, 0.1) is 0 Å². The maximum absolute atomic E-state index is 11.2. The van der Waals surface area contributed by atoms with Crippen LogP contribution in [-0.4, -0.2) is 48.1 Å². The van der Waals surface area contributed by atoms with Crippen molar-refractivity contribution in [3.8, 4) is 0 Å². The molecule has 16 heavy (non-hydrogen) atoms. The van der Waals surface area contributed by atoms with Gasteiger partial charge < -0.3 is 15.3 Å². The van der Waals surface area contributed by atoms with E-state index in [0.717, 1.165) is 25.9 Å². The second kappa shape index (κ2) is 6.48. The van der Waals surface area contributed by atoms with Gasteiger partial charge in [0.05, 0.1) is 0 Å². The molecule has 1 heterocycles. The van der Waals surface area contributed by atoms with Crippen molar-refractivity contribution in [3.63, 3.8) is 0 Å². The first-order valence-electron chi connectivity index (χ1n) is 5.78. The number of rotatable bonds is 6. The van der Waals surface area contributed by atoms with Gasteiger partial charge in [0.2, 0.25) is 5.91 Å². The summed E-state index contributed by atoms with van der Waals surface area (Å²) in [5, 5.41) is 11.8. The highest BCUT2D eigenvalue weighted by molar-refractivity contribution is 5.76. The number of carbonyl (C=O) groups excluding carboxylic acids is 1. The van der Waals surface area contributed by atoms with Gasteiger partial charge in [0.15, 0.2) is 0 Å². The van der Waals surface area contributed by atoms with Crippen molar-refractivity contribution in [2.45, 2.75) is 38.1 Å². The van der Waals surface area contributed by atoms with Gasteiger partial charge in [0, 0.05) is 32.5 Å². The standard InChI is InChI=1S/C11H20N2O3/c1-13-8-9(5-6-10(13)14)12-7-3-2-4-11(15)16/h9,12H,2-8H2,1H3,(H,15,16). The average Bonchev–Trinajstić information content (AvgIpc) is 2.22. The van der Waals surface area contributed by atoms with Gasteiger partial charge in [-0.05, 0) is 25.8 Å². The van der Waals surface area contributed by atoms with E-state index in [9.17, 15) is 9.59 Å². The molecule has 5 heteroatoms. The van der Waals surface area contributed by atoms with Crippen molar-refractivity contribution in [1.29, 1.82) is 0 Å². The van der Waals surface area contributed by atoms with Gasteiger partial charge in [-0.2, -0.15) is 0 Å². The highest BCUT2D eigenvalue weighted by Crippen LogP contribution is 2.09. The first-order chi connectivity index (χ1) is 7.59. The molecule has 92 valence electrons. The molecule has 0 aromatic carbocycles. The molecule has 0 aromatic rings. The van der Waals surface area contributed by atoms with Gasteiger partial charge in [-0.3, -0.25) is 9.59 Å². The Hall–Kier alpha value is -1.10. The lowest BCUT2D eigenvalue weighted by molar-refractivity contribution is -0.137. The topological polar surface area (TPSA) is 69.6 Å². The second-order valence-corrected chi connectivity index (χ2v) is 4.31. The van der Waals surface area contributed by atoms with Crippen molar-refractivity contribution in [3.05, 3.63) is 0 Å². The van der Waals surface area contributed by atoms with Crippen LogP contribution in [0.4, 0.5) is 0 Å². The third kappa shape index (κ3) is 4.61. The van der Waals surface area contributed by atoms with Crippen LogP contribution in [0.2, 0.25) is 0 Å². The molecule has 5 nitrogen and oxygen atoms in total. The predicted octanol–water partition coefficient (Wildman–Crippen LogP) is 0.452. The number of piperidine rings is 1. The van der Waals surface area contributed by atoms with E-state index in [1.165, 1.54) is 0 Å². The van der Waals surface area contributed by atoms with Crippen molar-refractivity contribution >= 4 is 11.9 Å². The summed E-state index contributed by atoms with van der Waals surface area (Å²) < 4.78 is 0. The highest BCUT2D eigenvalue weighted by atomic mass is 16.4. The monoisotopic (exact) mass is 228 g/mol. The van der Waals surface area contributed by atoms with Crippen molar-refractivity contribution in [2.75, 3.05) is 20.1 Å². The van der Waals surface area contributed by atoms with Gasteiger partial charge in [-0.25, -0.2) is 0 Å². The molecular formula is C11H20N2O3. The summed E-state index contributed by atoms with van der Waals surface area (Å²) in [4.78, 5) is 23.3. The van der Waals surface area contributed by atoms with Crippen LogP contribution in [0.15, 0.2) is 0 Å². The predicted molar refractivity (Wildman–Crippen MR) is 60.1 cm³/mol. The Morgan fingerprint density at radius 2 is 2.31 bits per heavy atom. The zero-order valence-corrected chi connectivity index (χ0v) is 9.74. The lowest BCUT2D eigenvalue weighted by Crippen LogP contribution is -2.46. The van der Waals surface area contributed by atoms with E-state index in [1.54, 1.807) is 4.90 Å². The number of unbranched alkanes of at least 4 members (excludes halogenated alkanes) is 1. The molecule has 0 radical (unpaired) electrons. The molecule has 1 atom stereocenters. The molecule has 1 aliphatic rings. The summed E-state index contributed by atoms with van der Waals surface area (Å²) in [6, 6.07) is 0.368. The molecule has 1 fully saturated rings. The molecule has 0 saturated carbocycles. The van der Waals surface area contributed by atoms with E-state index in [4.69, 9.17) is 5.11 Å². The number of amides is 1. The average molecular weight is 228 g/mol. The first-order valence-corrected chi connectivity index (χ1v) is 5.78. The molecule has 0 bridgehead atoms. The fraction of sp³-hybridized carbons (Fsp3) is 0.818. The molecule has 0 aliphatic carbocycles. The van der Waals surface area contributed by atoms with Crippen LogP contribution in [0.25, 0.3) is 0 Å². The van der Waals surface area contributed by atoms with Crippen LogP contribution >= 0.6 is 0 Å². The number of aliphatic carboxylic acids is 1. The van der Waals surface area contributed by atoms with E-state index in [1.807, 2.05) is 7.05 Å². The molecule has 1 rings (SSSR count). The Balaban J connectivity index is 2.05. The fourth-order valence-electron chi connectivity index (χ4n) is 1.89. The normalized spacial score (nSPS) is 21.2. The minimum absolute atomic E-state index is 0.212. The van der Waals surface area contributed by atoms with E-state index in [0.29, 0.717) is 18.9 Å². The number of carboxylic acids is 1. The maximum Gasteiger partial charge on any atom is 0.303 e. The summed E-state index contributed by atoms with van der Waals surface area (Å²) in [5.41, 5.74) is 0. The summed E-state index contributed by atoms with van der Waals surface area (Å²) in [5.74, 6) is -0.521. The number of likely N-dealkylation sites (N-methyl/N-ethyl adjacent to an activating group) is 1. The number of hydrogen-bond donors (Lipinski definition) is 2. The molecule has 1 aliphatic heterocycles. The lowest BCUT2D eigenvalue weighted by atomic mass is 10.1. The van der Waals surface area contributed by atoms with Gasteiger partial charge in [-0.15, -0.1) is 0 Å². The van der Waals surface area contributed by atoms with E-state index in [-0.39, 0.29) is 12.3 Å². The van der Waals surface area contributed by atoms with E-state index >= 15 is 0 Å². The Bertz CT molecular complexity index is 256. The number of hydrogen-bond acceptors (Lipinski definition) is 3. The highest BCUT2D eigenvalue weighted by Gasteiger charge is 2.21. The van der Waals surface area contributed by atoms with Crippen LogP contribution < -0.4 is 5.32 Å². The maximum atomic E-state index is 11.2. The molecule has 1 unspecified atom stereocenters. The SMILES string of the molecule is CN1CC(NCCCCC(=O)O)CCC1=O. The fourth-order valence-corrected chi connectivity index (χ4v) is 1.89. The quantitative estimate of drug-likeness (QED) is 0.648. The number of likely N-dealkylation sites (tertiary alicyclic amines) is 1. The number of carboxylic acid groups (broad SMARTS) is 1. The molecule has 1 saturated heterocycles. The van der Waals surface area contributed by atoms with Crippen molar-refractivity contribution < 1.29 is 14.7 Å². The van der Waals surface area contributed by atoms with Crippen LogP contribution in [-0.2, 0) is 9.59 Å². The second-order valence-electron chi connectivity index (χ2n) is 4.31.